The lowest BCUT2D eigenvalue weighted by Gasteiger charge is -2.09. The summed E-state index contributed by atoms with van der Waals surface area (Å²) < 4.78 is 60.6. The van der Waals surface area contributed by atoms with E-state index in [0.29, 0.717) is 17.8 Å². The normalized spacial score (nSPS) is 12.7. The van der Waals surface area contributed by atoms with Crippen LogP contribution in [0.5, 0.6) is 0 Å². The Morgan fingerprint density at radius 3 is 2.41 bits per heavy atom. The van der Waals surface area contributed by atoms with E-state index in [1.807, 2.05) is 0 Å². The molecule has 0 aliphatic rings. The van der Waals surface area contributed by atoms with Gasteiger partial charge in [0.25, 0.3) is 0 Å². The maximum Gasteiger partial charge on any atom is 0.416 e. The highest BCUT2D eigenvalue weighted by Gasteiger charge is 2.31. The van der Waals surface area contributed by atoms with Crippen LogP contribution in [0.4, 0.5) is 13.2 Å². The molecular formula is C10H10BrF3O2S. The molecule has 0 unspecified atom stereocenters. The average molecular weight is 331 g/mol. The third-order valence-electron chi connectivity index (χ3n) is 2.07. The zero-order valence-electron chi connectivity index (χ0n) is 8.67. The Kier molecular flexibility index (Phi) is 4.60. The second-order valence-electron chi connectivity index (χ2n) is 3.39. The van der Waals surface area contributed by atoms with E-state index in [1.165, 1.54) is 6.07 Å². The number of hydrogen-bond acceptors (Lipinski definition) is 2. The molecular weight excluding hydrogens is 321 g/mol. The minimum Gasteiger partial charge on any atom is -0.224 e. The van der Waals surface area contributed by atoms with Crippen molar-refractivity contribution in [3.05, 3.63) is 29.8 Å². The summed E-state index contributed by atoms with van der Waals surface area (Å²) in [6.45, 7) is 0. The number of rotatable bonds is 4. The molecule has 96 valence electrons. The van der Waals surface area contributed by atoms with Gasteiger partial charge in [0.2, 0.25) is 0 Å². The predicted octanol–water partition coefficient (Wildman–Crippen LogP) is 3.26. The van der Waals surface area contributed by atoms with E-state index in [2.05, 4.69) is 15.9 Å². The van der Waals surface area contributed by atoms with Crippen LogP contribution < -0.4 is 0 Å². The van der Waals surface area contributed by atoms with Crippen LogP contribution in [0, 0.1) is 0 Å². The molecule has 0 N–H and O–H groups in total. The standard InChI is InChI=1S/C10H10BrF3O2S/c11-5-2-6-17(15,16)9-4-1-3-8(7-9)10(12,13)14/h1,3-4,7H,2,5-6H2. The molecule has 0 aliphatic carbocycles. The molecule has 1 aromatic rings. The van der Waals surface area contributed by atoms with Gasteiger partial charge in [-0.1, -0.05) is 22.0 Å². The third-order valence-corrected chi connectivity index (χ3v) is 4.43. The summed E-state index contributed by atoms with van der Waals surface area (Å²) in [5.41, 5.74) is -0.947. The van der Waals surface area contributed by atoms with Gasteiger partial charge in [-0.15, -0.1) is 0 Å². The second kappa shape index (κ2) is 5.39. The monoisotopic (exact) mass is 330 g/mol. The summed E-state index contributed by atoms with van der Waals surface area (Å²) in [6, 6.07) is 3.80. The van der Waals surface area contributed by atoms with E-state index < -0.39 is 21.6 Å². The molecule has 17 heavy (non-hydrogen) atoms. The first-order valence-electron chi connectivity index (χ1n) is 4.73. The number of benzene rings is 1. The van der Waals surface area contributed by atoms with Gasteiger partial charge in [0.1, 0.15) is 0 Å². The van der Waals surface area contributed by atoms with Gasteiger partial charge in [-0.25, -0.2) is 8.42 Å². The van der Waals surface area contributed by atoms with Crippen molar-refractivity contribution in [3.8, 4) is 0 Å². The maximum atomic E-state index is 12.4. The van der Waals surface area contributed by atoms with Crippen molar-refractivity contribution in [1.82, 2.24) is 0 Å². The Balaban J connectivity index is 3.08. The van der Waals surface area contributed by atoms with Gasteiger partial charge in [-0.2, -0.15) is 13.2 Å². The van der Waals surface area contributed by atoms with E-state index in [0.717, 1.165) is 12.1 Å². The van der Waals surface area contributed by atoms with Crippen LogP contribution in [0.25, 0.3) is 0 Å². The summed E-state index contributed by atoms with van der Waals surface area (Å²) in [7, 11) is -3.64. The van der Waals surface area contributed by atoms with Gasteiger partial charge in [0.15, 0.2) is 9.84 Å². The van der Waals surface area contributed by atoms with Crippen molar-refractivity contribution in [2.45, 2.75) is 17.5 Å². The molecule has 0 fully saturated rings. The molecule has 7 heteroatoms. The highest BCUT2D eigenvalue weighted by Crippen LogP contribution is 2.30. The summed E-state index contributed by atoms with van der Waals surface area (Å²) in [4.78, 5) is -0.284. The number of hydrogen-bond donors (Lipinski definition) is 0. The molecule has 0 aromatic heterocycles. The Labute approximate surface area is 106 Å². The van der Waals surface area contributed by atoms with Gasteiger partial charge in [0.05, 0.1) is 16.2 Å². The Morgan fingerprint density at radius 1 is 1.24 bits per heavy atom. The molecule has 0 spiro atoms. The number of alkyl halides is 4. The molecule has 0 radical (unpaired) electrons. The van der Waals surface area contributed by atoms with Gasteiger partial charge in [-0.3, -0.25) is 0 Å². The molecule has 0 aliphatic heterocycles. The van der Waals surface area contributed by atoms with Gasteiger partial charge in [-0.05, 0) is 24.6 Å². The minimum atomic E-state index is -4.53. The SMILES string of the molecule is O=S(=O)(CCCBr)c1cccc(C(F)(F)F)c1. The quantitative estimate of drug-likeness (QED) is 0.794. The van der Waals surface area contributed by atoms with Crippen molar-refractivity contribution in [3.63, 3.8) is 0 Å². The van der Waals surface area contributed by atoms with Crippen LogP contribution in [0.15, 0.2) is 29.2 Å². The Bertz CT molecular complexity index is 483. The third kappa shape index (κ3) is 3.99. The zero-order valence-corrected chi connectivity index (χ0v) is 11.1. The highest BCUT2D eigenvalue weighted by atomic mass is 79.9. The summed E-state index contributed by atoms with van der Waals surface area (Å²) >= 11 is 3.08. The molecule has 0 amide bonds. The van der Waals surface area contributed by atoms with Gasteiger partial charge >= 0.3 is 6.18 Å². The topological polar surface area (TPSA) is 34.1 Å². The highest BCUT2D eigenvalue weighted by molar-refractivity contribution is 9.09. The van der Waals surface area contributed by atoms with Crippen molar-refractivity contribution in [1.29, 1.82) is 0 Å². The lowest BCUT2D eigenvalue weighted by atomic mass is 10.2. The first kappa shape index (κ1) is 14.5. The van der Waals surface area contributed by atoms with Crippen molar-refractivity contribution in [2.24, 2.45) is 0 Å². The average Bonchev–Trinajstić information content (AvgIpc) is 2.25. The molecule has 1 rings (SSSR count). The molecule has 0 saturated heterocycles. The van der Waals surface area contributed by atoms with E-state index >= 15 is 0 Å². The van der Waals surface area contributed by atoms with Crippen LogP contribution in [-0.2, 0) is 16.0 Å². The van der Waals surface area contributed by atoms with Crippen molar-refractivity contribution in [2.75, 3.05) is 11.1 Å². The number of sulfone groups is 1. The Hall–Kier alpha value is -0.560. The number of halogens is 4. The van der Waals surface area contributed by atoms with E-state index in [9.17, 15) is 21.6 Å². The fraction of sp³-hybridized carbons (Fsp3) is 0.400. The van der Waals surface area contributed by atoms with E-state index in [4.69, 9.17) is 0 Å². The first-order valence-corrected chi connectivity index (χ1v) is 7.51. The van der Waals surface area contributed by atoms with Crippen LogP contribution >= 0.6 is 15.9 Å². The fourth-order valence-corrected chi connectivity index (χ4v) is 3.23. The molecule has 0 saturated carbocycles. The minimum absolute atomic E-state index is 0.167. The van der Waals surface area contributed by atoms with E-state index in [-0.39, 0.29) is 10.6 Å². The van der Waals surface area contributed by atoms with Crippen molar-refractivity contribution < 1.29 is 21.6 Å². The molecule has 1 aromatic carbocycles. The second-order valence-corrected chi connectivity index (χ2v) is 6.29. The lowest BCUT2D eigenvalue weighted by Crippen LogP contribution is -2.10. The van der Waals surface area contributed by atoms with Gasteiger partial charge in [0, 0.05) is 5.33 Å². The first-order chi connectivity index (χ1) is 7.77. The Morgan fingerprint density at radius 2 is 1.88 bits per heavy atom. The van der Waals surface area contributed by atoms with E-state index in [1.54, 1.807) is 0 Å². The lowest BCUT2D eigenvalue weighted by molar-refractivity contribution is -0.137. The summed E-state index contributed by atoms with van der Waals surface area (Å²) in [6.07, 6.45) is -4.17. The van der Waals surface area contributed by atoms with Crippen molar-refractivity contribution >= 4 is 25.8 Å². The molecule has 0 atom stereocenters. The fourth-order valence-electron chi connectivity index (χ4n) is 1.23. The van der Waals surface area contributed by atoms with Crippen LogP contribution in [0.2, 0.25) is 0 Å². The molecule has 0 bridgehead atoms. The van der Waals surface area contributed by atoms with Gasteiger partial charge < -0.3 is 0 Å². The smallest absolute Gasteiger partial charge is 0.224 e. The zero-order chi connectivity index (χ0) is 13.1. The predicted molar refractivity (Wildman–Crippen MR) is 61.9 cm³/mol. The van der Waals surface area contributed by atoms with Crippen LogP contribution in [0.3, 0.4) is 0 Å². The maximum absolute atomic E-state index is 12.4. The van der Waals surface area contributed by atoms with Crippen LogP contribution in [0.1, 0.15) is 12.0 Å². The summed E-state index contributed by atoms with van der Waals surface area (Å²) in [5.74, 6) is -0.167. The molecule has 2 nitrogen and oxygen atoms in total. The summed E-state index contributed by atoms with van der Waals surface area (Å²) in [5, 5.41) is 0.491. The largest absolute Gasteiger partial charge is 0.416 e. The molecule has 0 heterocycles. The van der Waals surface area contributed by atoms with Crippen LogP contribution in [-0.4, -0.2) is 19.5 Å².